The molecular weight excluding hydrogens is 973 g/mol. The van der Waals surface area contributed by atoms with E-state index in [0.717, 1.165) is 103 Å². The van der Waals surface area contributed by atoms with Gasteiger partial charge in [0.2, 0.25) is 0 Å². The summed E-state index contributed by atoms with van der Waals surface area (Å²) in [4.78, 5) is 51.2. The molecule has 0 aliphatic carbocycles. The zero-order valence-electron chi connectivity index (χ0n) is 49.0. The highest BCUT2D eigenvalue weighted by Crippen LogP contribution is 2.26. The molecule has 12 heteroatoms. The summed E-state index contributed by atoms with van der Waals surface area (Å²) >= 11 is 0. The average molecular weight is 1090 g/mol. The van der Waals surface area contributed by atoms with Gasteiger partial charge in [-0.3, -0.25) is 14.4 Å². The van der Waals surface area contributed by atoms with Gasteiger partial charge in [0.05, 0.1) is 6.61 Å². The van der Waals surface area contributed by atoms with E-state index in [-0.39, 0.29) is 25.9 Å². The Hall–Kier alpha value is -3.58. The first-order valence-electron chi connectivity index (χ1n) is 31.3. The molecule has 77 heavy (non-hydrogen) atoms. The second-order valence-electron chi connectivity index (χ2n) is 21.3. The molecule has 1 aliphatic rings. The topological polar surface area (TPSA) is 175 Å². The molecule has 1 fully saturated rings. The second kappa shape index (κ2) is 53.1. The van der Waals surface area contributed by atoms with Crippen LogP contribution in [0.15, 0.2) is 60.8 Å². The summed E-state index contributed by atoms with van der Waals surface area (Å²) in [7, 11) is 0. The zero-order valence-corrected chi connectivity index (χ0v) is 49.0. The van der Waals surface area contributed by atoms with Crippen LogP contribution in [0.5, 0.6) is 0 Å². The number of aliphatic hydroxyl groups is 2. The van der Waals surface area contributed by atoms with E-state index >= 15 is 0 Å². The fourth-order valence-corrected chi connectivity index (χ4v) is 9.30. The minimum Gasteiger partial charge on any atom is -0.479 e. The maximum Gasteiger partial charge on any atom is 0.335 e. The lowest BCUT2D eigenvalue weighted by atomic mass is 9.98. The highest BCUT2D eigenvalue weighted by Gasteiger charge is 2.50. The molecule has 0 spiro atoms. The molecule has 3 N–H and O–H groups in total. The minimum absolute atomic E-state index is 0.0238. The van der Waals surface area contributed by atoms with Crippen molar-refractivity contribution in [2.24, 2.45) is 0 Å². The van der Waals surface area contributed by atoms with Crippen molar-refractivity contribution in [1.29, 1.82) is 0 Å². The predicted molar refractivity (Wildman–Crippen MR) is 312 cm³/mol. The van der Waals surface area contributed by atoms with Gasteiger partial charge in [-0.15, -0.1) is 0 Å². The Morgan fingerprint density at radius 2 is 0.818 bits per heavy atom. The Balaban J connectivity index is 2.67. The van der Waals surface area contributed by atoms with E-state index in [1.54, 1.807) is 0 Å². The van der Waals surface area contributed by atoms with E-state index in [4.69, 9.17) is 23.7 Å². The van der Waals surface area contributed by atoms with Gasteiger partial charge >= 0.3 is 23.9 Å². The largest absolute Gasteiger partial charge is 0.479 e. The van der Waals surface area contributed by atoms with Crippen molar-refractivity contribution in [3.63, 3.8) is 0 Å². The van der Waals surface area contributed by atoms with E-state index in [1.165, 1.54) is 116 Å². The third kappa shape index (κ3) is 43.0. The molecule has 0 aromatic carbocycles. The number of rotatable bonds is 53. The monoisotopic (exact) mass is 1080 g/mol. The summed E-state index contributed by atoms with van der Waals surface area (Å²) in [6.07, 6.45) is 53.4. The summed E-state index contributed by atoms with van der Waals surface area (Å²) in [6.45, 7) is 5.85. The number of esters is 3. The summed E-state index contributed by atoms with van der Waals surface area (Å²) in [6, 6.07) is 0. The smallest absolute Gasteiger partial charge is 0.335 e. The molecule has 6 atom stereocenters. The summed E-state index contributed by atoms with van der Waals surface area (Å²) < 4.78 is 28.4. The molecule has 6 unspecified atom stereocenters. The van der Waals surface area contributed by atoms with Gasteiger partial charge in [-0.25, -0.2) is 4.79 Å². The maximum atomic E-state index is 13.2. The molecule has 1 saturated heterocycles. The van der Waals surface area contributed by atoms with Crippen molar-refractivity contribution in [3.8, 4) is 0 Å². The number of hydrogen-bond acceptors (Lipinski definition) is 11. The molecule has 1 rings (SSSR count). The number of carbonyl (C=O) groups is 4. The Labute approximate surface area is 468 Å². The van der Waals surface area contributed by atoms with Crippen LogP contribution in [0.4, 0.5) is 0 Å². The number of carboxylic acids is 1. The Kier molecular flexibility index (Phi) is 49.2. The number of allylic oxidation sites excluding steroid dienone is 10. The number of aliphatic carboxylic acids is 1. The van der Waals surface area contributed by atoms with Crippen molar-refractivity contribution in [3.05, 3.63) is 60.8 Å². The molecule has 0 aromatic heterocycles. The van der Waals surface area contributed by atoms with Crippen molar-refractivity contribution in [2.75, 3.05) is 13.2 Å². The fourth-order valence-electron chi connectivity index (χ4n) is 9.30. The highest BCUT2D eigenvalue weighted by molar-refractivity contribution is 5.74. The first-order valence-corrected chi connectivity index (χ1v) is 31.3. The van der Waals surface area contributed by atoms with Gasteiger partial charge in [0, 0.05) is 19.3 Å². The average Bonchev–Trinajstić information content (AvgIpc) is 3.42. The first-order chi connectivity index (χ1) is 37.6. The van der Waals surface area contributed by atoms with Crippen LogP contribution in [0.2, 0.25) is 0 Å². The van der Waals surface area contributed by atoms with Gasteiger partial charge in [-0.05, 0) is 83.5 Å². The Morgan fingerprint density at radius 1 is 0.442 bits per heavy atom. The van der Waals surface area contributed by atoms with Gasteiger partial charge in [0.15, 0.2) is 24.6 Å². The Bertz CT molecular complexity index is 1570. The molecule has 444 valence electrons. The van der Waals surface area contributed by atoms with Gasteiger partial charge in [0.25, 0.3) is 0 Å². The Morgan fingerprint density at radius 3 is 1.29 bits per heavy atom. The van der Waals surface area contributed by atoms with Crippen molar-refractivity contribution < 1.29 is 58.2 Å². The van der Waals surface area contributed by atoms with Crippen LogP contribution in [0.3, 0.4) is 0 Å². The SMILES string of the molecule is CC/C=C\C/C=C\C/C=C\CCCCCC(=O)OC1C(OCC(COC(=O)CCCCCCCCCCCCCCCCCCCCC)OC(=O)CCCCCCC/C=C\C/C=C\CCCCC)OC(C(=O)O)C(O)C1O. The lowest BCUT2D eigenvalue weighted by Gasteiger charge is -2.40. The molecule has 0 bridgehead atoms. The number of aliphatic hydroxyl groups excluding tert-OH is 2. The molecular formula is C65H112O12. The van der Waals surface area contributed by atoms with Crippen LogP contribution in [0.1, 0.15) is 278 Å². The summed E-state index contributed by atoms with van der Waals surface area (Å²) in [5, 5.41) is 31.5. The van der Waals surface area contributed by atoms with Gasteiger partial charge < -0.3 is 39.0 Å². The lowest BCUT2D eigenvalue weighted by Crippen LogP contribution is -2.61. The number of carboxylic acid groups (broad SMARTS) is 1. The molecule has 1 heterocycles. The summed E-state index contributed by atoms with van der Waals surface area (Å²) in [5.74, 6) is -3.16. The lowest BCUT2D eigenvalue weighted by molar-refractivity contribution is -0.301. The quantitative estimate of drug-likeness (QED) is 0.0228. The van der Waals surface area contributed by atoms with Crippen molar-refractivity contribution in [1.82, 2.24) is 0 Å². The van der Waals surface area contributed by atoms with Crippen LogP contribution in [-0.2, 0) is 42.9 Å². The van der Waals surface area contributed by atoms with E-state index in [2.05, 4.69) is 81.5 Å². The third-order valence-electron chi connectivity index (χ3n) is 14.1. The molecule has 0 radical (unpaired) electrons. The van der Waals surface area contributed by atoms with Crippen LogP contribution in [-0.4, -0.2) is 89.2 Å². The molecule has 0 aromatic rings. The van der Waals surface area contributed by atoms with Crippen molar-refractivity contribution >= 4 is 23.9 Å². The van der Waals surface area contributed by atoms with Crippen LogP contribution in [0, 0.1) is 0 Å². The van der Waals surface area contributed by atoms with Gasteiger partial charge in [-0.1, -0.05) is 236 Å². The molecule has 1 aliphatic heterocycles. The maximum absolute atomic E-state index is 13.2. The second-order valence-corrected chi connectivity index (χ2v) is 21.3. The number of hydrogen-bond donors (Lipinski definition) is 3. The molecule has 0 saturated carbocycles. The van der Waals surface area contributed by atoms with E-state index in [9.17, 15) is 34.5 Å². The number of carbonyl (C=O) groups excluding carboxylic acids is 3. The predicted octanol–water partition coefficient (Wildman–Crippen LogP) is 16.3. The van der Waals surface area contributed by atoms with E-state index < -0.39 is 67.3 Å². The molecule has 12 nitrogen and oxygen atoms in total. The normalized spacial score (nSPS) is 18.4. The van der Waals surface area contributed by atoms with Crippen LogP contribution < -0.4 is 0 Å². The number of ether oxygens (including phenoxy) is 5. The van der Waals surface area contributed by atoms with Gasteiger partial charge in [-0.2, -0.15) is 0 Å². The van der Waals surface area contributed by atoms with Crippen LogP contribution in [0.25, 0.3) is 0 Å². The zero-order chi connectivity index (χ0) is 56.1. The number of unbranched alkanes of at least 4 members (excludes halogenated alkanes) is 29. The van der Waals surface area contributed by atoms with E-state index in [0.29, 0.717) is 19.3 Å². The fraction of sp³-hybridized carbons (Fsp3) is 0.785. The standard InChI is InChI=1S/C65H112O12/c1-4-7-10-13-16-19-22-25-27-28-29-30-32-34-36-39-42-45-48-51-57(66)73-54-56(75-58(67)52-49-46-43-40-38-35-31-26-23-20-17-14-11-8-5-2)55-74-65-63(61(70)60(69)62(77-65)64(71)72)76-59(68)53-50-47-44-41-37-33-24-21-18-15-12-9-6-3/h9,12,17-18,20-21,26,31,33,37,56,60-63,65,69-70H,4-8,10-11,13-16,19,22-25,27-30,32,34-36,38-55H2,1-3H3,(H,71,72)/b12-9-,20-17-,21-18-,31-26-,37-33-. The molecule has 0 amide bonds. The van der Waals surface area contributed by atoms with E-state index in [1.807, 2.05) is 0 Å². The van der Waals surface area contributed by atoms with Crippen molar-refractivity contribution in [2.45, 2.75) is 314 Å². The summed E-state index contributed by atoms with van der Waals surface area (Å²) in [5.41, 5.74) is 0. The van der Waals surface area contributed by atoms with Crippen LogP contribution >= 0.6 is 0 Å². The minimum atomic E-state index is -1.91. The first kappa shape index (κ1) is 71.4. The third-order valence-corrected chi connectivity index (χ3v) is 14.1. The van der Waals surface area contributed by atoms with Gasteiger partial charge in [0.1, 0.15) is 18.8 Å². The highest BCUT2D eigenvalue weighted by atomic mass is 16.7.